The lowest BCUT2D eigenvalue weighted by Gasteiger charge is -1.83. The fourth-order valence-electron chi connectivity index (χ4n) is 0.543. The van der Waals surface area contributed by atoms with E-state index in [4.69, 9.17) is 0 Å². The monoisotopic (exact) mass is 148 g/mol. The Labute approximate surface area is 62.5 Å². The van der Waals surface area contributed by atoms with Gasteiger partial charge in [0.2, 0.25) is 0 Å². The molecular weight excluding hydrogens is 140 g/mol. The average Bonchev–Trinajstić information content (AvgIpc) is 2.03. The van der Waals surface area contributed by atoms with Crippen LogP contribution in [0.15, 0.2) is 18.6 Å². The van der Waals surface area contributed by atoms with Crippen LogP contribution in [0.3, 0.4) is 0 Å². The van der Waals surface area contributed by atoms with Crippen LogP contribution < -0.4 is 0 Å². The minimum absolute atomic E-state index is 0.159. The lowest BCUT2D eigenvalue weighted by molar-refractivity contribution is 1.17. The van der Waals surface area contributed by atoms with Crippen molar-refractivity contribution in [2.75, 3.05) is 0 Å². The molecule has 0 aliphatic rings. The van der Waals surface area contributed by atoms with Gasteiger partial charge in [-0.3, -0.25) is 4.98 Å². The molecule has 0 saturated carbocycles. The zero-order valence-electron chi connectivity index (χ0n) is 5.83. The lowest BCUT2D eigenvalue weighted by Crippen LogP contribution is -1.82. The van der Waals surface area contributed by atoms with E-state index in [9.17, 15) is 0 Å². The predicted molar refractivity (Wildman–Crippen MR) is 43.3 cm³/mol. The van der Waals surface area contributed by atoms with Crippen molar-refractivity contribution in [1.82, 2.24) is 9.97 Å². The van der Waals surface area contributed by atoms with Gasteiger partial charge in [-0.2, -0.15) is 0 Å². The van der Waals surface area contributed by atoms with Gasteiger partial charge in [-0.15, -0.1) is 5.54 Å². The summed E-state index contributed by atoms with van der Waals surface area (Å²) in [5, 5.41) is 0. The highest BCUT2D eigenvalue weighted by Crippen LogP contribution is 1.83. The molecule has 0 N–H and O–H groups in total. The van der Waals surface area contributed by atoms with Crippen LogP contribution in [0.25, 0.3) is 0 Å². The van der Waals surface area contributed by atoms with Crippen molar-refractivity contribution in [3.05, 3.63) is 24.3 Å². The Kier molecular flexibility index (Phi) is 2.65. The molecule has 0 bridgehead atoms. The minimum Gasteiger partial charge on any atom is -0.260 e. The molecule has 1 heterocycles. The van der Waals surface area contributed by atoms with Crippen molar-refractivity contribution < 1.29 is 0 Å². The Morgan fingerprint density at radius 1 is 1.50 bits per heavy atom. The summed E-state index contributed by atoms with van der Waals surface area (Å²) >= 11 is 0. The van der Waals surface area contributed by atoms with Gasteiger partial charge in [0.25, 0.3) is 0 Å². The first-order chi connectivity index (χ1) is 4.93. The summed E-state index contributed by atoms with van der Waals surface area (Å²) in [4.78, 5) is 7.89. The smallest absolute Gasteiger partial charge is 0.130 e. The van der Waals surface area contributed by atoms with E-state index in [-0.39, 0.29) is 9.52 Å². The summed E-state index contributed by atoms with van der Waals surface area (Å²) in [5.41, 5.74) is 3.83. The van der Waals surface area contributed by atoms with E-state index in [0.717, 1.165) is 5.69 Å². The second-order valence-electron chi connectivity index (χ2n) is 1.75. The van der Waals surface area contributed by atoms with Crippen LogP contribution in [0.2, 0.25) is 6.55 Å². The van der Waals surface area contributed by atoms with Crippen molar-refractivity contribution in [1.29, 1.82) is 0 Å². The molecule has 1 rings (SSSR count). The van der Waals surface area contributed by atoms with Crippen LogP contribution in [-0.4, -0.2) is 19.5 Å². The summed E-state index contributed by atoms with van der Waals surface area (Å²) in [6.45, 7) is 2.14. The molecule has 0 fully saturated rings. The standard InChI is InChI=1S/C7H8N2Si/c1-10-5-2-7-6-8-3-4-9-7/h3-4,6H,10H2,1H3. The average molecular weight is 148 g/mol. The van der Waals surface area contributed by atoms with Gasteiger partial charge in [-0.25, -0.2) is 4.98 Å². The molecule has 0 atom stereocenters. The van der Waals surface area contributed by atoms with E-state index < -0.39 is 0 Å². The van der Waals surface area contributed by atoms with Gasteiger partial charge >= 0.3 is 0 Å². The molecule has 0 amide bonds. The number of nitrogens with zero attached hydrogens (tertiary/aromatic N) is 2. The van der Waals surface area contributed by atoms with E-state index >= 15 is 0 Å². The van der Waals surface area contributed by atoms with Gasteiger partial charge in [0.15, 0.2) is 0 Å². The third-order valence-electron chi connectivity index (χ3n) is 0.956. The number of aromatic nitrogens is 2. The molecule has 0 radical (unpaired) electrons. The van der Waals surface area contributed by atoms with Gasteiger partial charge in [-0.05, 0) is 0 Å². The highest BCUT2D eigenvalue weighted by Gasteiger charge is 1.81. The number of hydrogen-bond donors (Lipinski definition) is 0. The van der Waals surface area contributed by atoms with Crippen molar-refractivity contribution in [3.8, 4) is 11.5 Å². The SMILES string of the molecule is C[SiH2]C#Cc1cnccn1. The van der Waals surface area contributed by atoms with Crippen LogP contribution in [0.1, 0.15) is 5.69 Å². The molecule has 0 aromatic carbocycles. The fourth-order valence-corrected chi connectivity index (χ4v) is 0.900. The van der Waals surface area contributed by atoms with Crippen molar-refractivity contribution in [2.45, 2.75) is 6.55 Å². The summed E-state index contributed by atoms with van der Waals surface area (Å²) in [7, 11) is -0.159. The van der Waals surface area contributed by atoms with Gasteiger partial charge in [0.1, 0.15) is 15.2 Å². The van der Waals surface area contributed by atoms with E-state index in [1.807, 2.05) is 0 Å². The molecule has 2 nitrogen and oxygen atoms in total. The Bertz CT molecular complexity index is 247. The minimum atomic E-state index is -0.159. The van der Waals surface area contributed by atoms with E-state index in [2.05, 4.69) is 28.0 Å². The molecule has 50 valence electrons. The van der Waals surface area contributed by atoms with Crippen LogP contribution in [0.4, 0.5) is 0 Å². The molecule has 1 aromatic rings. The van der Waals surface area contributed by atoms with Crippen LogP contribution in [-0.2, 0) is 0 Å². The summed E-state index contributed by atoms with van der Waals surface area (Å²) < 4.78 is 0. The number of rotatable bonds is 0. The second kappa shape index (κ2) is 3.80. The summed E-state index contributed by atoms with van der Waals surface area (Å²) in [6, 6.07) is 0. The molecule has 0 spiro atoms. The third-order valence-corrected chi connectivity index (χ3v) is 1.49. The zero-order valence-corrected chi connectivity index (χ0v) is 7.25. The van der Waals surface area contributed by atoms with E-state index in [1.165, 1.54) is 0 Å². The number of hydrogen-bond acceptors (Lipinski definition) is 2. The highest BCUT2D eigenvalue weighted by molar-refractivity contribution is 6.44. The Morgan fingerprint density at radius 3 is 3.00 bits per heavy atom. The Hall–Kier alpha value is -1.14. The molecule has 0 aliphatic heterocycles. The summed E-state index contributed by atoms with van der Waals surface area (Å²) in [6.07, 6.45) is 4.98. The molecular formula is C7H8N2Si. The molecule has 0 aliphatic carbocycles. The van der Waals surface area contributed by atoms with Gasteiger partial charge in [-0.1, -0.05) is 12.5 Å². The van der Waals surface area contributed by atoms with Gasteiger partial charge in [0.05, 0.1) is 6.20 Å². The van der Waals surface area contributed by atoms with E-state index in [0.29, 0.717) is 0 Å². The highest BCUT2D eigenvalue weighted by atomic mass is 28.2. The summed E-state index contributed by atoms with van der Waals surface area (Å²) in [5.74, 6) is 2.93. The predicted octanol–water partition coefficient (Wildman–Crippen LogP) is 0.00250. The molecule has 1 aromatic heterocycles. The largest absolute Gasteiger partial charge is 0.260 e. The molecule has 10 heavy (non-hydrogen) atoms. The van der Waals surface area contributed by atoms with Crippen molar-refractivity contribution in [2.24, 2.45) is 0 Å². The topological polar surface area (TPSA) is 25.8 Å². The third kappa shape index (κ3) is 2.00. The normalized spacial score (nSPS) is 9.30. The van der Waals surface area contributed by atoms with Crippen LogP contribution in [0, 0.1) is 11.5 Å². The van der Waals surface area contributed by atoms with Crippen molar-refractivity contribution >= 4 is 9.52 Å². The van der Waals surface area contributed by atoms with Gasteiger partial charge in [0, 0.05) is 12.4 Å². The van der Waals surface area contributed by atoms with Gasteiger partial charge < -0.3 is 0 Å². The van der Waals surface area contributed by atoms with Crippen LogP contribution >= 0.6 is 0 Å². The Balaban J connectivity index is 2.76. The van der Waals surface area contributed by atoms with Crippen LogP contribution in [0.5, 0.6) is 0 Å². The second-order valence-corrected chi connectivity index (χ2v) is 2.81. The Morgan fingerprint density at radius 2 is 2.40 bits per heavy atom. The first kappa shape index (κ1) is 6.97. The van der Waals surface area contributed by atoms with E-state index in [1.54, 1.807) is 18.6 Å². The molecule has 3 heteroatoms. The first-order valence-electron chi connectivity index (χ1n) is 3.18. The van der Waals surface area contributed by atoms with Crippen molar-refractivity contribution in [3.63, 3.8) is 0 Å². The quantitative estimate of drug-likeness (QED) is 0.382. The fraction of sp³-hybridized carbons (Fsp3) is 0.143. The maximum Gasteiger partial charge on any atom is 0.130 e. The maximum atomic E-state index is 4.00. The lowest BCUT2D eigenvalue weighted by atomic mass is 10.5. The zero-order chi connectivity index (χ0) is 7.23. The molecule has 0 unspecified atom stereocenters. The molecule has 0 saturated heterocycles. The maximum absolute atomic E-state index is 4.00. The first-order valence-corrected chi connectivity index (χ1v) is 5.30.